The molecule has 0 heterocycles. The Morgan fingerprint density at radius 2 is 1.85 bits per heavy atom. The van der Waals surface area contributed by atoms with Gasteiger partial charge in [0.25, 0.3) is 0 Å². The van der Waals surface area contributed by atoms with E-state index in [4.69, 9.17) is 12.6 Å². The Balaban J connectivity index is 0.00000137. The summed E-state index contributed by atoms with van der Waals surface area (Å²) in [5.74, 6) is 1.16. The second kappa shape index (κ2) is 15.1. The predicted molar refractivity (Wildman–Crippen MR) is 162 cm³/mol. The highest BCUT2D eigenvalue weighted by Gasteiger charge is 2.52. The van der Waals surface area contributed by atoms with E-state index in [2.05, 4.69) is 54.0 Å². The van der Waals surface area contributed by atoms with Gasteiger partial charge < -0.3 is 15.3 Å². The van der Waals surface area contributed by atoms with E-state index in [0.717, 1.165) is 30.4 Å². The first-order valence-electron chi connectivity index (χ1n) is 13.3. The first-order valence-corrected chi connectivity index (χ1v) is 15.3. The van der Waals surface area contributed by atoms with Crippen molar-refractivity contribution in [1.29, 1.82) is 0 Å². The van der Waals surface area contributed by atoms with Crippen molar-refractivity contribution in [1.82, 2.24) is 0 Å². The first kappa shape index (κ1) is 32.6. The number of alkyl halides is 1. The molecule has 3 nitrogen and oxygen atoms in total. The smallest absolute Gasteiger partial charge is 0.104 e. The fraction of sp³-hybridized carbons (Fsp3) is 0.786. The standard InChI is InChI=1S/C24H37IO3S2.2C2H6/c1-15-17(13-18(26)14-21(15)27)8-7-16-5-3-12-24(25)19(16)9-10-20(24)22(29)6-4-11-23(2,28)30;2*1-2/h7-8,18-22,26-30H,1,3-6,9-14H2,2H3;2*1-2H3/b16-7+,17-8-;;/t18-,19+,20?,21+,22-,23?,24-;;/m1../s1. The number of rotatable bonds is 6. The topological polar surface area (TPSA) is 60.7 Å². The Bertz CT molecular complexity index is 700. The molecule has 0 aliphatic heterocycles. The molecule has 3 aliphatic rings. The average Bonchev–Trinajstić information content (AvgIpc) is 3.14. The van der Waals surface area contributed by atoms with Gasteiger partial charge in [0.2, 0.25) is 0 Å². The third-order valence-corrected chi connectivity index (χ3v) is 10.2. The number of hydrogen-bond acceptors (Lipinski definition) is 5. The minimum Gasteiger partial charge on any atom is -0.393 e. The van der Waals surface area contributed by atoms with Crippen LogP contribution in [0.15, 0.2) is 35.5 Å². The van der Waals surface area contributed by atoms with Gasteiger partial charge in [0.05, 0.1) is 12.2 Å². The predicted octanol–water partition coefficient (Wildman–Crippen LogP) is 7.45. The Morgan fingerprint density at radius 1 is 1.21 bits per heavy atom. The lowest BCUT2D eigenvalue weighted by atomic mass is 9.73. The van der Waals surface area contributed by atoms with E-state index < -0.39 is 17.1 Å². The zero-order chi connectivity index (χ0) is 26.1. The number of aliphatic hydroxyl groups excluding tert-OH is 2. The van der Waals surface area contributed by atoms with Gasteiger partial charge in [0.1, 0.15) is 4.93 Å². The number of thiol groups is 2. The van der Waals surface area contributed by atoms with Gasteiger partial charge in [-0.1, -0.05) is 74.6 Å². The van der Waals surface area contributed by atoms with Gasteiger partial charge in [-0.15, -0.1) is 12.6 Å². The van der Waals surface area contributed by atoms with Crippen LogP contribution < -0.4 is 0 Å². The number of aliphatic hydroxyl groups is 3. The van der Waals surface area contributed by atoms with Crippen LogP contribution in [0.5, 0.6) is 0 Å². The van der Waals surface area contributed by atoms with Gasteiger partial charge in [0.15, 0.2) is 0 Å². The maximum Gasteiger partial charge on any atom is 0.104 e. The lowest BCUT2D eigenvalue weighted by Crippen LogP contribution is -2.40. The highest BCUT2D eigenvalue weighted by atomic mass is 127. The van der Waals surface area contributed by atoms with E-state index in [1.54, 1.807) is 6.92 Å². The summed E-state index contributed by atoms with van der Waals surface area (Å²) in [5.41, 5.74) is 3.25. The minimum atomic E-state index is -0.897. The van der Waals surface area contributed by atoms with Crippen molar-refractivity contribution in [3.8, 4) is 0 Å². The molecule has 34 heavy (non-hydrogen) atoms. The lowest BCUT2D eigenvalue weighted by molar-refractivity contribution is 0.0862. The molecular weight excluding hydrogens is 575 g/mol. The van der Waals surface area contributed by atoms with Gasteiger partial charge in [-0.25, -0.2) is 0 Å². The average molecular weight is 625 g/mol. The Hall–Kier alpha value is 0.530. The molecule has 6 heteroatoms. The normalized spacial score (nSPS) is 36.0. The summed E-state index contributed by atoms with van der Waals surface area (Å²) in [7, 11) is 0. The molecule has 0 aromatic rings. The zero-order valence-corrected chi connectivity index (χ0v) is 25.9. The largest absolute Gasteiger partial charge is 0.393 e. The molecule has 0 spiro atoms. The molecule has 0 aromatic heterocycles. The maximum absolute atomic E-state index is 10.1. The fourth-order valence-corrected chi connectivity index (χ4v) is 8.58. The van der Waals surface area contributed by atoms with Crippen molar-refractivity contribution in [2.24, 2.45) is 11.8 Å². The van der Waals surface area contributed by atoms with Crippen molar-refractivity contribution in [2.45, 2.75) is 125 Å². The van der Waals surface area contributed by atoms with Crippen LogP contribution >= 0.6 is 47.8 Å². The molecule has 0 radical (unpaired) electrons. The lowest BCUT2D eigenvalue weighted by Gasteiger charge is -2.42. The third kappa shape index (κ3) is 8.83. The van der Waals surface area contributed by atoms with E-state index in [1.807, 2.05) is 27.7 Å². The molecule has 3 rings (SSSR count). The summed E-state index contributed by atoms with van der Waals surface area (Å²) in [6.07, 6.45) is 12.8. The molecule has 198 valence electrons. The van der Waals surface area contributed by atoms with Crippen LogP contribution in [0.4, 0.5) is 0 Å². The van der Waals surface area contributed by atoms with Crippen LogP contribution in [0.1, 0.15) is 98.8 Å². The Labute approximate surface area is 233 Å². The molecule has 2 unspecified atom stereocenters. The van der Waals surface area contributed by atoms with Gasteiger partial charge in [-0.2, -0.15) is 12.6 Å². The monoisotopic (exact) mass is 624 g/mol. The van der Waals surface area contributed by atoms with E-state index in [1.165, 1.54) is 31.3 Å². The van der Waals surface area contributed by atoms with Crippen molar-refractivity contribution >= 4 is 47.8 Å². The summed E-state index contributed by atoms with van der Waals surface area (Å²) in [6.45, 7) is 13.8. The van der Waals surface area contributed by atoms with Crippen molar-refractivity contribution in [3.63, 3.8) is 0 Å². The number of fused-ring (bicyclic) bond motifs is 1. The highest BCUT2D eigenvalue weighted by molar-refractivity contribution is 14.1. The summed E-state index contributed by atoms with van der Waals surface area (Å²) in [6, 6.07) is 0. The third-order valence-electron chi connectivity index (χ3n) is 7.31. The highest BCUT2D eigenvalue weighted by Crippen LogP contribution is 2.59. The SMILES string of the molecule is C=C1/C(=C\C=C2/CCC[C@]3(I)C([C@H](S)CCCC(C)(O)S)CC[C@@H]23)C[C@@H](O)C[C@@H]1O.CC.CC. The van der Waals surface area contributed by atoms with Crippen LogP contribution in [-0.2, 0) is 0 Å². The van der Waals surface area contributed by atoms with Crippen LogP contribution in [0.25, 0.3) is 0 Å². The zero-order valence-electron chi connectivity index (χ0n) is 21.9. The van der Waals surface area contributed by atoms with E-state index >= 15 is 0 Å². The Kier molecular flexibility index (Phi) is 14.4. The summed E-state index contributed by atoms with van der Waals surface area (Å²) in [4.78, 5) is -0.897. The summed E-state index contributed by atoms with van der Waals surface area (Å²) in [5, 5.41) is 30.4. The molecule has 0 bridgehead atoms. The molecular formula is C28H49IO3S2. The van der Waals surface area contributed by atoms with E-state index in [-0.39, 0.29) is 3.42 Å². The molecule has 0 aromatic carbocycles. The van der Waals surface area contributed by atoms with Gasteiger partial charge >= 0.3 is 0 Å². The molecule has 3 aliphatic carbocycles. The van der Waals surface area contributed by atoms with Crippen LogP contribution in [0, 0.1) is 11.8 Å². The maximum atomic E-state index is 10.1. The van der Waals surface area contributed by atoms with Gasteiger partial charge in [0, 0.05) is 15.1 Å². The van der Waals surface area contributed by atoms with Crippen LogP contribution in [0.2, 0.25) is 0 Å². The summed E-state index contributed by atoms with van der Waals surface area (Å²) < 4.78 is 0.249. The molecule has 0 amide bonds. The van der Waals surface area contributed by atoms with Gasteiger partial charge in [-0.3, -0.25) is 0 Å². The van der Waals surface area contributed by atoms with E-state index in [0.29, 0.717) is 36.3 Å². The Morgan fingerprint density at radius 3 is 2.47 bits per heavy atom. The summed E-state index contributed by atoms with van der Waals surface area (Å²) >= 11 is 12.0. The van der Waals surface area contributed by atoms with Crippen molar-refractivity contribution in [2.75, 3.05) is 0 Å². The molecule has 7 atom stereocenters. The molecule has 3 saturated carbocycles. The molecule has 3 fully saturated rings. The van der Waals surface area contributed by atoms with Gasteiger partial charge in [-0.05, 0) is 87.7 Å². The number of allylic oxidation sites excluding steroid dienone is 3. The van der Waals surface area contributed by atoms with Crippen molar-refractivity contribution in [3.05, 3.63) is 35.5 Å². The number of halogens is 1. The van der Waals surface area contributed by atoms with E-state index in [9.17, 15) is 15.3 Å². The van der Waals surface area contributed by atoms with Crippen LogP contribution in [0.3, 0.4) is 0 Å². The second-order valence-corrected chi connectivity index (χ2v) is 13.4. The minimum absolute atomic E-state index is 0.249. The van der Waals surface area contributed by atoms with Crippen LogP contribution in [-0.4, -0.2) is 41.1 Å². The second-order valence-electron chi connectivity index (χ2n) is 9.76. The quantitative estimate of drug-likeness (QED) is 0.0924. The molecule has 3 N–H and O–H groups in total. The van der Waals surface area contributed by atoms with Crippen molar-refractivity contribution < 1.29 is 15.3 Å². The first-order chi connectivity index (χ1) is 16.0. The number of hydrogen-bond donors (Lipinski definition) is 5. The fourth-order valence-electron chi connectivity index (χ4n) is 5.70. The molecule has 0 saturated heterocycles.